The second-order valence-corrected chi connectivity index (χ2v) is 5.60. The van der Waals surface area contributed by atoms with Crippen molar-refractivity contribution in [3.8, 4) is 5.69 Å². The summed E-state index contributed by atoms with van der Waals surface area (Å²) in [4.78, 5) is 10.7. The van der Waals surface area contributed by atoms with E-state index in [2.05, 4.69) is 14.9 Å². The summed E-state index contributed by atoms with van der Waals surface area (Å²) < 4.78 is 2.05. The fraction of sp³-hybridized carbons (Fsp3) is 0.176. The van der Waals surface area contributed by atoms with Gasteiger partial charge in [0.05, 0.1) is 18.5 Å². The molecule has 2 aromatic heterocycles. The summed E-state index contributed by atoms with van der Waals surface area (Å²) in [6, 6.07) is 14.0. The van der Waals surface area contributed by atoms with Crippen LogP contribution in [0.2, 0.25) is 0 Å². The highest BCUT2D eigenvalue weighted by molar-refractivity contribution is 5.73. The van der Waals surface area contributed by atoms with E-state index < -0.39 is 5.54 Å². The maximum atomic E-state index is 10.2. The number of hydrogen-bond donors (Lipinski definition) is 1. The zero-order valence-corrected chi connectivity index (χ0v) is 12.2. The Kier molecular flexibility index (Phi) is 2.77. The Morgan fingerprint density at radius 2 is 1.95 bits per heavy atom. The van der Waals surface area contributed by atoms with Crippen LogP contribution in [0.5, 0.6) is 0 Å². The van der Waals surface area contributed by atoms with Gasteiger partial charge in [0.25, 0.3) is 0 Å². The van der Waals surface area contributed by atoms with Gasteiger partial charge in [-0.2, -0.15) is 0 Å². The molecule has 0 amide bonds. The summed E-state index contributed by atoms with van der Waals surface area (Å²) in [5.41, 5.74) is 2.33. The Bertz CT molecular complexity index is 814. The van der Waals surface area contributed by atoms with Crippen LogP contribution in [0.25, 0.3) is 5.69 Å². The third-order valence-corrected chi connectivity index (χ3v) is 4.26. The molecule has 0 fully saturated rings. The average molecular weight is 292 g/mol. The Labute approximate surface area is 128 Å². The van der Waals surface area contributed by atoms with Gasteiger partial charge < -0.3 is 14.6 Å². The van der Waals surface area contributed by atoms with Gasteiger partial charge in [-0.3, -0.25) is 0 Å². The van der Waals surface area contributed by atoms with Crippen molar-refractivity contribution >= 4 is 11.5 Å². The maximum Gasteiger partial charge on any atom is 0.161 e. The molecule has 1 aliphatic heterocycles. The van der Waals surface area contributed by atoms with Crippen LogP contribution < -0.4 is 4.90 Å². The molecule has 1 aliphatic rings. The Hall–Kier alpha value is -2.66. The van der Waals surface area contributed by atoms with Gasteiger partial charge in [-0.1, -0.05) is 18.2 Å². The van der Waals surface area contributed by atoms with Gasteiger partial charge in [0, 0.05) is 11.9 Å². The molecule has 110 valence electrons. The minimum atomic E-state index is -0.591. The predicted octanol–water partition coefficient (Wildman–Crippen LogP) is 2.63. The topological polar surface area (TPSA) is 54.2 Å². The molecular weight excluding hydrogens is 276 g/mol. The summed E-state index contributed by atoms with van der Waals surface area (Å²) in [7, 11) is 0. The maximum absolute atomic E-state index is 10.2. The van der Waals surface area contributed by atoms with E-state index >= 15 is 0 Å². The van der Waals surface area contributed by atoms with E-state index in [1.54, 1.807) is 12.5 Å². The predicted molar refractivity (Wildman–Crippen MR) is 84.4 cm³/mol. The first-order valence-electron chi connectivity index (χ1n) is 7.20. The lowest BCUT2D eigenvalue weighted by Gasteiger charge is -2.45. The van der Waals surface area contributed by atoms with Crippen LogP contribution >= 0.6 is 0 Å². The lowest BCUT2D eigenvalue weighted by molar-refractivity contribution is 0.201. The molecule has 5 heteroatoms. The zero-order chi connectivity index (χ0) is 15.2. The van der Waals surface area contributed by atoms with E-state index in [4.69, 9.17) is 0 Å². The fourth-order valence-electron chi connectivity index (χ4n) is 3.17. The van der Waals surface area contributed by atoms with E-state index in [-0.39, 0.29) is 6.61 Å². The van der Waals surface area contributed by atoms with Crippen molar-refractivity contribution in [3.63, 3.8) is 0 Å². The van der Waals surface area contributed by atoms with Crippen LogP contribution in [0, 0.1) is 0 Å². The van der Waals surface area contributed by atoms with E-state index in [9.17, 15) is 5.11 Å². The molecule has 0 spiro atoms. The molecule has 22 heavy (non-hydrogen) atoms. The molecule has 0 radical (unpaired) electrons. The van der Waals surface area contributed by atoms with Crippen LogP contribution in [-0.4, -0.2) is 26.2 Å². The molecule has 0 bridgehead atoms. The van der Waals surface area contributed by atoms with Gasteiger partial charge in [0.2, 0.25) is 0 Å². The number of para-hydroxylation sites is 1. The number of benzene rings is 1. The highest BCUT2D eigenvalue weighted by atomic mass is 16.3. The van der Waals surface area contributed by atoms with Crippen molar-refractivity contribution < 1.29 is 5.11 Å². The quantitative estimate of drug-likeness (QED) is 0.789. The Balaban J connectivity index is 2.04. The molecule has 1 atom stereocenters. The van der Waals surface area contributed by atoms with Gasteiger partial charge in [-0.25, -0.2) is 9.97 Å². The zero-order valence-electron chi connectivity index (χ0n) is 12.2. The van der Waals surface area contributed by atoms with Crippen molar-refractivity contribution in [1.29, 1.82) is 0 Å². The first-order chi connectivity index (χ1) is 10.8. The molecule has 4 rings (SSSR count). The van der Waals surface area contributed by atoms with Crippen molar-refractivity contribution in [2.75, 3.05) is 11.5 Å². The molecule has 0 saturated heterocycles. The monoisotopic (exact) mass is 292 g/mol. The molecule has 3 aromatic rings. The lowest BCUT2D eigenvalue weighted by atomic mass is 9.93. The fourth-order valence-corrected chi connectivity index (χ4v) is 3.17. The van der Waals surface area contributed by atoms with Gasteiger partial charge in [-0.05, 0) is 31.2 Å². The summed E-state index contributed by atoms with van der Waals surface area (Å²) in [6.07, 6.45) is 5.33. The number of fused-ring (bicyclic) bond motifs is 3. The molecule has 5 nitrogen and oxygen atoms in total. The summed E-state index contributed by atoms with van der Waals surface area (Å²) in [5.74, 6) is 0.793. The highest BCUT2D eigenvalue weighted by Gasteiger charge is 2.42. The number of hydrogen-bond acceptors (Lipinski definition) is 4. The van der Waals surface area contributed by atoms with Crippen molar-refractivity contribution in [2.45, 2.75) is 12.5 Å². The highest BCUT2D eigenvalue weighted by Crippen LogP contribution is 2.45. The standard InChI is InChI=1S/C17H16N4O/c1-17(11-22)15-8-5-9-20(15)14-10-18-12-19-16(14)21(17)13-6-3-2-4-7-13/h2-10,12,22H,11H2,1H3. The second-order valence-electron chi connectivity index (χ2n) is 5.60. The van der Waals surface area contributed by atoms with Crippen molar-refractivity contribution in [3.05, 3.63) is 66.9 Å². The minimum absolute atomic E-state index is 0.0185. The van der Waals surface area contributed by atoms with Crippen LogP contribution in [0.15, 0.2) is 61.2 Å². The second kappa shape index (κ2) is 4.68. The van der Waals surface area contributed by atoms with Crippen LogP contribution in [0.3, 0.4) is 0 Å². The minimum Gasteiger partial charge on any atom is -0.394 e. The van der Waals surface area contributed by atoms with Gasteiger partial charge >= 0.3 is 0 Å². The van der Waals surface area contributed by atoms with Crippen molar-refractivity contribution in [2.24, 2.45) is 0 Å². The first-order valence-corrected chi connectivity index (χ1v) is 7.20. The number of aliphatic hydroxyl groups is 1. The Morgan fingerprint density at radius 3 is 2.73 bits per heavy atom. The van der Waals surface area contributed by atoms with Gasteiger partial charge in [0.1, 0.15) is 17.6 Å². The smallest absolute Gasteiger partial charge is 0.161 e. The Morgan fingerprint density at radius 1 is 1.14 bits per heavy atom. The molecule has 0 saturated carbocycles. The number of anilines is 2. The third-order valence-electron chi connectivity index (χ3n) is 4.26. The van der Waals surface area contributed by atoms with E-state index in [0.29, 0.717) is 0 Å². The van der Waals surface area contributed by atoms with Crippen molar-refractivity contribution in [1.82, 2.24) is 14.5 Å². The van der Waals surface area contributed by atoms with Crippen LogP contribution in [-0.2, 0) is 5.54 Å². The molecular formula is C17H16N4O. The van der Waals surface area contributed by atoms with Crippen LogP contribution in [0.4, 0.5) is 11.5 Å². The molecule has 1 N–H and O–H groups in total. The van der Waals surface area contributed by atoms with E-state index in [1.165, 1.54) is 0 Å². The normalized spacial score (nSPS) is 19.6. The average Bonchev–Trinajstić information content (AvgIpc) is 3.07. The molecule has 0 aliphatic carbocycles. The molecule has 1 unspecified atom stereocenters. The summed E-state index contributed by atoms with van der Waals surface area (Å²) in [6.45, 7) is 2.01. The van der Waals surface area contributed by atoms with Gasteiger partial charge in [-0.15, -0.1) is 0 Å². The number of rotatable bonds is 2. The first kappa shape index (κ1) is 13.0. The van der Waals surface area contributed by atoms with E-state index in [0.717, 1.165) is 22.9 Å². The molecule has 1 aromatic carbocycles. The third kappa shape index (κ3) is 1.63. The van der Waals surface area contributed by atoms with Crippen LogP contribution in [0.1, 0.15) is 12.6 Å². The number of nitrogens with zero attached hydrogens (tertiary/aromatic N) is 4. The SMILES string of the molecule is CC1(CO)c2cccn2-c2cncnc2N1c1ccccc1. The van der Waals surface area contributed by atoms with E-state index in [1.807, 2.05) is 60.2 Å². The van der Waals surface area contributed by atoms with Gasteiger partial charge in [0.15, 0.2) is 5.82 Å². The molecule has 3 heterocycles. The largest absolute Gasteiger partial charge is 0.394 e. The summed E-state index contributed by atoms with van der Waals surface area (Å²) >= 11 is 0. The number of aromatic nitrogens is 3. The summed E-state index contributed by atoms with van der Waals surface area (Å²) in [5, 5.41) is 10.2. The lowest BCUT2D eigenvalue weighted by Crippen LogP contribution is -2.48. The number of aliphatic hydroxyl groups excluding tert-OH is 1.